The maximum atomic E-state index is 13.9. The van der Waals surface area contributed by atoms with Crippen molar-refractivity contribution in [3.8, 4) is 0 Å². The van der Waals surface area contributed by atoms with Crippen molar-refractivity contribution in [2.24, 2.45) is 0 Å². The Morgan fingerprint density at radius 2 is 1.21 bits per heavy atom. The Balaban J connectivity index is 3.27. The van der Waals surface area contributed by atoms with E-state index in [-0.39, 0.29) is 10.3 Å². The highest BCUT2D eigenvalue weighted by molar-refractivity contribution is 8.99. The van der Waals surface area contributed by atoms with Crippen molar-refractivity contribution in [3.63, 3.8) is 0 Å². The predicted octanol–water partition coefficient (Wildman–Crippen LogP) is 1.20. The molecule has 0 radical (unpaired) electrons. The molecule has 1 heterocycles. The number of rotatable bonds is 3. The van der Waals surface area contributed by atoms with Gasteiger partial charge in [0.2, 0.25) is 0 Å². The van der Waals surface area contributed by atoms with E-state index in [2.05, 4.69) is 0 Å². The van der Waals surface area contributed by atoms with Gasteiger partial charge in [-0.25, -0.2) is 0 Å². The molecule has 0 bridgehead atoms. The second-order valence-electron chi connectivity index (χ2n) is 10.0. The Morgan fingerprint density at radius 3 is 1.53 bits per heavy atom. The van der Waals surface area contributed by atoms with Gasteiger partial charge in [0.25, 0.3) is 0 Å². The Labute approximate surface area is 198 Å². The Bertz CT molecular complexity index is 964. The van der Waals surface area contributed by atoms with Gasteiger partial charge in [-0.1, -0.05) is 32.9 Å². The van der Waals surface area contributed by atoms with Crippen LogP contribution in [0.15, 0.2) is 29.2 Å². The molecule has 2 rings (SSSR count). The molecule has 9 nitrogen and oxygen atoms in total. The van der Waals surface area contributed by atoms with Gasteiger partial charge >= 0.3 is 0 Å². The van der Waals surface area contributed by atoms with Gasteiger partial charge in [-0.2, -0.15) is 0 Å². The zero-order valence-corrected chi connectivity index (χ0v) is 21.5. The maximum absolute atomic E-state index is 13.9. The number of hydrogen-bond acceptors (Lipinski definition) is 9. The van der Waals surface area contributed by atoms with Crippen molar-refractivity contribution < 1.29 is 44.3 Å². The molecule has 0 aromatic heterocycles. The highest BCUT2D eigenvalue weighted by Crippen LogP contribution is 2.98. The van der Waals surface area contributed by atoms with E-state index in [1.54, 1.807) is 12.1 Å². The molecule has 10 heteroatoms. The highest BCUT2D eigenvalue weighted by atomic mass is 32.4. The monoisotopic (exact) mass is 500 g/mol. The van der Waals surface area contributed by atoms with Crippen LogP contribution in [0.25, 0.3) is 0 Å². The van der Waals surface area contributed by atoms with Crippen molar-refractivity contribution in [1.29, 1.82) is 0 Å². The second-order valence-corrected chi connectivity index (χ2v) is 16.5. The van der Waals surface area contributed by atoms with Gasteiger partial charge < -0.3 is 25.2 Å². The molecule has 34 heavy (non-hydrogen) atoms. The van der Waals surface area contributed by atoms with Crippen LogP contribution in [0.5, 0.6) is 0 Å². The molecule has 192 valence electrons. The van der Waals surface area contributed by atoms with Gasteiger partial charge in [0.1, 0.15) is 29.9 Å². The first kappa shape index (κ1) is 28.3. The third-order valence-corrected chi connectivity index (χ3v) is 16.7. The van der Waals surface area contributed by atoms with Gasteiger partial charge in [0, 0.05) is 32.6 Å². The summed E-state index contributed by atoms with van der Waals surface area (Å²) in [5.74, 6) is 0. The van der Waals surface area contributed by atoms with Crippen molar-refractivity contribution in [2.75, 3.05) is 6.61 Å². The fourth-order valence-corrected chi connectivity index (χ4v) is 13.0. The lowest BCUT2D eigenvalue weighted by Gasteiger charge is -2.75. The number of carbonyl (C=O) groups is 4. The number of aliphatic hydroxyl groups excluding tert-OH is 4. The second kappa shape index (κ2) is 8.32. The molecule has 5 atom stereocenters. The van der Waals surface area contributed by atoms with E-state index in [0.717, 1.165) is 33.3 Å². The number of ether oxygens (including phenoxy) is 1. The van der Waals surface area contributed by atoms with Crippen LogP contribution in [0, 0.1) is 0 Å². The summed E-state index contributed by atoms with van der Waals surface area (Å²) < 4.78 is 5.76. The largest absolute Gasteiger partial charge is 0.394 e. The molecule has 0 unspecified atom stereocenters. The average Bonchev–Trinajstić information content (AvgIpc) is 2.73. The lowest BCUT2D eigenvalue weighted by molar-refractivity contribution is -0.208. The lowest BCUT2D eigenvalue weighted by atomic mass is 9.87. The van der Waals surface area contributed by atoms with Crippen molar-refractivity contribution in [1.82, 2.24) is 0 Å². The van der Waals surface area contributed by atoms with Crippen molar-refractivity contribution in [3.05, 3.63) is 29.8 Å². The highest BCUT2D eigenvalue weighted by Gasteiger charge is 2.85. The molecule has 1 saturated heterocycles. The quantitative estimate of drug-likeness (QED) is 0.478. The zero-order valence-electron chi connectivity index (χ0n) is 20.6. The predicted molar refractivity (Wildman–Crippen MR) is 127 cm³/mol. The molecule has 1 aromatic carbocycles. The van der Waals surface area contributed by atoms with Crippen LogP contribution in [-0.2, 0) is 29.3 Å². The van der Waals surface area contributed by atoms with Crippen LogP contribution in [0.1, 0.15) is 54.0 Å². The van der Waals surface area contributed by atoms with Gasteiger partial charge in [0.15, 0.2) is 20.5 Å². The zero-order chi connectivity index (χ0) is 26.5. The standard InChI is InChI=1S/C24H36O9S/c1-13(26)34(14(2)27,15(3)28,16(4)29,18-10-8-17(9-11-18)24(5,6)7)23-22(32)21(31)20(30)19(12-25)33-23/h8-11,19-23,25,30-32H,12H2,1-7H3/t19-,20+,21+,22-,23+/m1/s1. The fraction of sp³-hybridized carbons (Fsp3) is 0.583. The molecular formula is C24H36O9S. The van der Waals surface area contributed by atoms with Gasteiger partial charge in [-0.05, 0) is 31.4 Å². The first-order valence-corrected chi connectivity index (χ1v) is 13.5. The molecule has 1 aliphatic heterocycles. The third-order valence-electron chi connectivity index (χ3n) is 7.72. The van der Waals surface area contributed by atoms with E-state index in [0.29, 0.717) is 0 Å². The number of hydrogen-bond donors (Lipinski definition) is 4. The average molecular weight is 501 g/mol. The summed E-state index contributed by atoms with van der Waals surface area (Å²) in [6.07, 6.45) is -7.57. The molecule has 0 aliphatic carbocycles. The van der Waals surface area contributed by atoms with Crippen molar-refractivity contribution in [2.45, 2.75) is 88.6 Å². The Morgan fingerprint density at radius 1 is 0.794 bits per heavy atom. The number of carbonyl (C=O) groups excluding carboxylic acids is 4. The minimum atomic E-state index is -6.38. The van der Waals surface area contributed by atoms with E-state index < -0.39 is 65.2 Å². The molecule has 0 amide bonds. The summed E-state index contributed by atoms with van der Waals surface area (Å²) >= 11 is 0. The topological polar surface area (TPSA) is 158 Å². The minimum absolute atomic E-state index is 0.225. The smallest absolute Gasteiger partial charge is 0.179 e. The van der Waals surface area contributed by atoms with Gasteiger partial charge in [0.05, 0.1) is 6.61 Å². The molecule has 1 fully saturated rings. The minimum Gasteiger partial charge on any atom is -0.394 e. The van der Waals surface area contributed by atoms with E-state index in [1.807, 2.05) is 20.8 Å². The SMILES string of the molecule is CC(=O)S(C(C)=O)(C(C)=O)(C(C)=O)(c1ccc(C(C)(C)C)cc1)[C@@H]1O[C@H](CO)[C@H](O)[C@H](O)[C@H]1O. The molecule has 1 aromatic rings. The number of benzene rings is 1. The summed E-state index contributed by atoms with van der Waals surface area (Å²) in [7, 11) is -6.38. The molecular weight excluding hydrogens is 464 g/mol. The first-order chi connectivity index (χ1) is 15.5. The van der Waals surface area contributed by atoms with E-state index in [4.69, 9.17) is 4.74 Å². The number of aliphatic hydroxyl groups is 4. The summed E-state index contributed by atoms with van der Waals surface area (Å²) in [6, 6.07) is 5.90. The maximum Gasteiger partial charge on any atom is 0.179 e. The molecule has 0 spiro atoms. The third kappa shape index (κ3) is 2.75. The normalized spacial score (nSPS) is 27.9. The lowest BCUT2D eigenvalue weighted by Crippen LogP contribution is -2.73. The molecule has 4 N–H and O–H groups in total. The van der Waals surface area contributed by atoms with Crippen LogP contribution in [0.4, 0.5) is 0 Å². The van der Waals surface area contributed by atoms with Gasteiger partial charge in [-0.15, -0.1) is 0 Å². The summed E-state index contributed by atoms with van der Waals surface area (Å²) in [6.45, 7) is 8.66. The summed E-state index contributed by atoms with van der Waals surface area (Å²) in [5, 5.41) is 37.4. The Kier molecular flexibility index (Phi) is 6.92. The Hall–Kier alpha value is -1.95. The summed E-state index contributed by atoms with van der Waals surface area (Å²) in [4.78, 5) is 55.5. The van der Waals surface area contributed by atoms with E-state index in [1.165, 1.54) is 12.1 Å². The van der Waals surface area contributed by atoms with Crippen molar-refractivity contribution >= 4 is 28.8 Å². The van der Waals surface area contributed by atoms with Crippen LogP contribution >= 0.6 is 8.29 Å². The molecule has 1 aliphatic rings. The van der Waals surface area contributed by atoms with Gasteiger partial charge in [-0.3, -0.25) is 19.2 Å². The first-order valence-electron chi connectivity index (χ1n) is 10.9. The fourth-order valence-electron chi connectivity index (χ4n) is 5.53. The van der Waals surface area contributed by atoms with Crippen LogP contribution in [0.2, 0.25) is 0 Å². The summed E-state index contributed by atoms with van der Waals surface area (Å²) in [5.41, 5.74) is -1.72. The van der Waals surface area contributed by atoms with Crippen LogP contribution < -0.4 is 0 Å². The van der Waals surface area contributed by atoms with E-state index in [9.17, 15) is 39.6 Å². The molecule has 0 saturated carbocycles. The van der Waals surface area contributed by atoms with E-state index >= 15 is 0 Å². The van der Waals surface area contributed by atoms with Crippen LogP contribution in [0.3, 0.4) is 0 Å². The van der Waals surface area contributed by atoms with Crippen LogP contribution in [-0.4, -0.2) is 77.3 Å².